The number of likely N-dealkylation sites (tertiary alicyclic amines) is 1. The molecule has 2 heterocycles. The summed E-state index contributed by atoms with van der Waals surface area (Å²) in [6, 6.07) is 3.55. The fourth-order valence-corrected chi connectivity index (χ4v) is 1.59. The predicted octanol–water partition coefficient (Wildman–Crippen LogP) is 0.886. The van der Waals surface area contributed by atoms with E-state index in [0.29, 0.717) is 25.3 Å². The molecule has 0 unspecified atom stereocenters. The van der Waals surface area contributed by atoms with E-state index in [2.05, 4.69) is 0 Å². The number of rotatable bonds is 2. The van der Waals surface area contributed by atoms with Crippen molar-refractivity contribution in [3.63, 3.8) is 0 Å². The third-order valence-corrected chi connectivity index (χ3v) is 2.41. The van der Waals surface area contributed by atoms with Gasteiger partial charge in [-0.15, -0.1) is 0 Å². The molecule has 0 radical (unpaired) electrons. The highest BCUT2D eigenvalue weighted by atomic mass is 16.3. The number of aliphatic hydroxyl groups excluding tert-OH is 1. The number of carbonyl (C=O) groups is 1. The van der Waals surface area contributed by atoms with Gasteiger partial charge >= 0.3 is 0 Å². The lowest BCUT2D eigenvalue weighted by molar-refractivity contribution is -0.125. The number of nitrogens with zero attached hydrogens (tertiary/aromatic N) is 1. The van der Waals surface area contributed by atoms with E-state index in [4.69, 9.17) is 4.42 Å². The molecule has 0 spiro atoms. The van der Waals surface area contributed by atoms with Gasteiger partial charge in [0.15, 0.2) is 0 Å². The maximum Gasteiger partial charge on any atom is 0.246 e. The largest absolute Gasteiger partial charge is 0.465 e. The molecule has 0 bridgehead atoms. The zero-order valence-electron chi connectivity index (χ0n) is 8.30. The van der Waals surface area contributed by atoms with E-state index in [-0.39, 0.29) is 12.0 Å². The Morgan fingerprint density at radius 1 is 1.67 bits per heavy atom. The fourth-order valence-electron chi connectivity index (χ4n) is 1.59. The highest BCUT2D eigenvalue weighted by Gasteiger charge is 2.22. The van der Waals surface area contributed by atoms with Crippen LogP contribution in [0.25, 0.3) is 6.08 Å². The summed E-state index contributed by atoms with van der Waals surface area (Å²) in [6.45, 7) is 1.06. The molecule has 1 aliphatic heterocycles. The topological polar surface area (TPSA) is 53.7 Å². The quantitative estimate of drug-likeness (QED) is 0.732. The maximum atomic E-state index is 11.6. The van der Waals surface area contributed by atoms with Gasteiger partial charge in [0.1, 0.15) is 5.76 Å². The highest BCUT2D eigenvalue weighted by Crippen LogP contribution is 2.10. The van der Waals surface area contributed by atoms with Crippen LogP contribution in [0.3, 0.4) is 0 Å². The van der Waals surface area contributed by atoms with Crippen LogP contribution in [0.4, 0.5) is 0 Å². The Morgan fingerprint density at radius 2 is 2.53 bits per heavy atom. The molecule has 2 rings (SSSR count). The summed E-state index contributed by atoms with van der Waals surface area (Å²) in [6.07, 6.45) is 4.96. The van der Waals surface area contributed by atoms with Crippen molar-refractivity contribution >= 4 is 12.0 Å². The van der Waals surface area contributed by atoms with Crippen molar-refractivity contribution in [2.24, 2.45) is 0 Å². The molecule has 1 N–H and O–H groups in total. The first kappa shape index (κ1) is 9.98. The van der Waals surface area contributed by atoms with Gasteiger partial charge in [0.2, 0.25) is 5.91 Å². The second kappa shape index (κ2) is 4.31. The van der Waals surface area contributed by atoms with Crippen molar-refractivity contribution in [1.29, 1.82) is 0 Å². The van der Waals surface area contributed by atoms with Crippen LogP contribution in [0.2, 0.25) is 0 Å². The van der Waals surface area contributed by atoms with Crippen molar-refractivity contribution in [3.8, 4) is 0 Å². The van der Waals surface area contributed by atoms with Gasteiger partial charge in [-0.05, 0) is 24.6 Å². The second-order valence-corrected chi connectivity index (χ2v) is 3.58. The minimum absolute atomic E-state index is 0.0806. The molecule has 4 nitrogen and oxygen atoms in total. The van der Waals surface area contributed by atoms with Gasteiger partial charge in [-0.2, -0.15) is 0 Å². The number of β-amino-alcohol motifs (C(OH)–C–C–N with tert-alkyl or cyclic N) is 1. The van der Waals surface area contributed by atoms with Crippen molar-refractivity contribution in [2.75, 3.05) is 13.1 Å². The number of hydrogen-bond acceptors (Lipinski definition) is 3. The molecule has 0 aliphatic carbocycles. The van der Waals surface area contributed by atoms with Gasteiger partial charge in [0.25, 0.3) is 0 Å². The van der Waals surface area contributed by atoms with E-state index in [9.17, 15) is 9.90 Å². The fraction of sp³-hybridized carbons (Fsp3) is 0.364. The van der Waals surface area contributed by atoms with Gasteiger partial charge in [-0.3, -0.25) is 4.79 Å². The first-order chi connectivity index (χ1) is 7.25. The predicted molar refractivity (Wildman–Crippen MR) is 54.9 cm³/mol. The van der Waals surface area contributed by atoms with E-state index in [1.165, 1.54) is 6.08 Å². The summed E-state index contributed by atoms with van der Waals surface area (Å²) in [7, 11) is 0. The molecule has 1 saturated heterocycles. The van der Waals surface area contributed by atoms with Crippen LogP contribution in [0, 0.1) is 0 Å². The summed E-state index contributed by atoms with van der Waals surface area (Å²) < 4.78 is 5.06. The molecule has 1 aliphatic rings. The summed E-state index contributed by atoms with van der Waals surface area (Å²) in [5.41, 5.74) is 0. The summed E-state index contributed by atoms with van der Waals surface area (Å²) in [4.78, 5) is 13.2. The van der Waals surface area contributed by atoms with Crippen molar-refractivity contribution in [2.45, 2.75) is 12.5 Å². The van der Waals surface area contributed by atoms with Gasteiger partial charge in [0, 0.05) is 19.2 Å². The molecule has 1 fully saturated rings. The zero-order valence-corrected chi connectivity index (χ0v) is 8.30. The third kappa shape index (κ3) is 2.47. The molecular weight excluding hydrogens is 194 g/mol. The first-order valence-electron chi connectivity index (χ1n) is 4.94. The Balaban J connectivity index is 1.92. The van der Waals surface area contributed by atoms with E-state index in [0.717, 1.165) is 0 Å². The summed E-state index contributed by atoms with van der Waals surface area (Å²) in [5, 5.41) is 9.26. The lowest BCUT2D eigenvalue weighted by Crippen LogP contribution is -2.27. The monoisotopic (exact) mass is 207 g/mol. The molecule has 15 heavy (non-hydrogen) atoms. The van der Waals surface area contributed by atoms with Gasteiger partial charge in [-0.25, -0.2) is 0 Å². The molecule has 80 valence electrons. The lowest BCUT2D eigenvalue weighted by atomic mass is 10.3. The minimum atomic E-state index is -0.369. The van der Waals surface area contributed by atoms with Crippen LogP contribution in [0.5, 0.6) is 0 Å². The molecule has 1 amide bonds. The standard InChI is InChI=1S/C11H13NO3/c13-9-5-6-12(8-9)11(14)4-3-10-2-1-7-15-10/h1-4,7,9,13H,5-6,8H2/t9-/m0/s1. The Kier molecular flexibility index (Phi) is 2.87. The Bertz CT molecular complexity index is 356. The van der Waals surface area contributed by atoms with Crippen LogP contribution in [-0.2, 0) is 4.79 Å². The van der Waals surface area contributed by atoms with Crippen LogP contribution >= 0.6 is 0 Å². The Morgan fingerprint density at radius 3 is 3.13 bits per heavy atom. The van der Waals surface area contributed by atoms with Crippen LogP contribution in [-0.4, -0.2) is 35.1 Å². The number of aliphatic hydroxyl groups is 1. The normalized spacial score (nSPS) is 21.4. The van der Waals surface area contributed by atoms with E-state index < -0.39 is 0 Å². The summed E-state index contributed by atoms with van der Waals surface area (Å²) >= 11 is 0. The van der Waals surface area contributed by atoms with Gasteiger partial charge in [0.05, 0.1) is 12.4 Å². The van der Waals surface area contributed by atoms with E-state index >= 15 is 0 Å². The third-order valence-electron chi connectivity index (χ3n) is 2.41. The molecule has 0 saturated carbocycles. The average Bonchev–Trinajstić information content (AvgIpc) is 2.84. The number of hydrogen-bond donors (Lipinski definition) is 1. The molecule has 1 aromatic heterocycles. The minimum Gasteiger partial charge on any atom is -0.465 e. The van der Waals surface area contributed by atoms with Crippen LogP contribution in [0.15, 0.2) is 28.9 Å². The Hall–Kier alpha value is -1.55. The molecule has 1 atom stereocenters. The van der Waals surface area contributed by atoms with Gasteiger partial charge in [-0.1, -0.05) is 0 Å². The van der Waals surface area contributed by atoms with Gasteiger partial charge < -0.3 is 14.4 Å². The summed E-state index contributed by atoms with van der Waals surface area (Å²) in [5.74, 6) is 0.575. The lowest BCUT2D eigenvalue weighted by Gasteiger charge is -2.11. The average molecular weight is 207 g/mol. The smallest absolute Gasteiger partial charge is 0.246 e. The highest BCUT2D eigenvalue weighted by molar-refractivity contribution is 5.91. The van der Waals surface area contributed by atoms with Crippen molar-refractivity contribution in [1.82, 2.24) is 4.90 Å². The first-order valence-corrected chi connectivity index (χ1v) is 4.94. The Labute approximate surface area is 87.8 Å². The van der Waals surface area contributed by atoms with Crippen LogP contribution in [0.1, 0.15) is 12.2 Å². The molecule has 4 heteroatoms. The molecule has 1 aromatic rings. The molecular formula is C11H13NO3. The SMILES string of the molecule is O=C(C=Cc1ccco1)N1CC[C@H](O)C1. The number of carbonyl (C=O) groups excluding carboxylic acids is 1. The second-order valence-electron chi connectivity index (χ2n) is 3.58. The molecule has 0 aromatic carbocycles. The van der Waals surface area contributed by atoms with E-state index in [1.807, 2.05) is 0 Å². The maximum absolute atomic E-state index is 11.6. The van der Waals surface area contributed by atoms with Crippen molar-refractivity contribution in [3.05, 3.63) is 30.2 Å². The van der Waals surface area contributed by atoms with Crippen molar-refractivity contribution < 1.29 is 14.3 Å². The van der Waals surface area contributed by atoms with E-state index in [1.54, 1.807) is 29.4 Å². The number of furan rings is 1. The zero-order chi connectivity index (χ0) is 10.7. The number of amides is 1. The van der Waals surface area contributed by atoms with Crippen LogP contribution < -0.4 is 0 Å².